The zero-order valence-electron chi connectivity index (χ0n) is 12.2. The van der Waals surface area contributed by atoms with Gasteiger partial charge in [0.1, 0.15) is 5.54 Å². The minimum Gasteiger partial charge on any atom is -0.340 e. The average molecular weight is 288 g/mol. The van der Waals surface area contributed by atoms with Gasteiger partial charge in [0.15, 0.2) is 0 Å². The SMILES string of the molecule is CCC1(CC)NC(=O)CN(CCC(C)S(C)=O)C1=O. The summed E-state index contributed by atoms with van der Waals surface area (Å²) < 4.78 is 11.3. The number of nitrogens with zero attached hydrogens (tertiary/aromatic N) is 1. The monoisotopic (exact) mass is 288 g/mol. The average Bonchev–Trinajstić information content (AvgIpc) is 2.38. The van der Waals surface area contributed by atoms with Crippen LogP contribution in [0.15, 0.2) is 0 Å². The topological polar surface area (TPSA) is 66.5 Å². The van der Waals surface area contributed by atoms with Crippen molar-refractivity contribution in [2.24, 2.45) is 0 Å². The summed E-state index contributed by atoms with van der Waals surface area (Å²) in [6, 6.07) is 0. The van der Waals surface area contributed by atoms with Gasteiger partial charge in [-0.15, -0.1) is 0 Å². The molecule has 0 radical (unpaired) electrons. The molecule has 2 atom stereocenters. The van der Waals surface area contributed by atoms with E-state index >= 15 is 0 Å². The second-order valence-corrected chi connectivity index (χ2v) is 6.96. The molecule has 1 aliphatic heterocycles. The lowest BCUT2D eigenvalue weighted by Gasteiger charge is -2.41. The van der Waals surface area contributed by atoms with Crippen molar-refractivity contribution >= 4 is 22.6 Å². The summed E-state index contributed by atoms with van der Waals surface area (Å²) in [5.74, 6) is -0.111. The normalized spacial score (nSPS) is 22.0. The van der Waals surface area contributed by atoms with Crippen LogP contribution in [0.25, 0.3) is 0 Å². The molecule has 1 saturated heterocycles. The van der Waals surface area contributed by atoms with Crippen molar-refractivity contribution in [3.8, 4) is 0 Å². The molecule has 110 valence electrons. The van der Waals surface area contributed by atoms with Crippen LogP contribution >= 0.6 is 0 Å². The van der Waals surface area contributed by atoms with Gasteiger partial charge in [-0.1, -0.05) is 20.8 Å². The third-order valence-electron chi connectivity index (χ3n) is 3.99. The summed E-state index contributed by atoms with van der Waals surface area (Å²) in [7, 11) is -0.896. The molecule has 19 heavy (non-hydrogen) atoms. The van der Waals surface area contributed by atoms with Crippen molar-refractivity contribution in [3.63, 3.8) is 0 Å². The second kappa shape index (κ2) is 6.50. The predicted octanol–water partition coefficient (Wildman–Crippen LogP) is 0.661. The maximum atomic E-state index is 12.5. The highest BCUT2D eigenvalue weighted by Crippen LogP contribution is 2.22. The molecule has 0 aromatic rings. The van der Waals surface area contributed by atoms with Crippen LogP contribution in [0.4, 0.5) is 0 Å². The van der Waals surface area contributed by atoms with Crippen molar-refractivity contribution in [2.75, 3.05) is 19.3 Å². The van der Waals surface area contributed by atoms with E-state index in [1.807, 2.05) is 20.8 Å². The van der Waals surface area contributed by atoms with Crippen LogP contribution in [0.5, 0.6) is 0 Å². The van der Waals surface area contributed by atoms with Gasteiger partial charge in [-0.05, 0) is 19.3 Å². The third kappa shape index (κ3) is 3.55. The Kier molecular flexibility index (Phi) is 5.52. The molecule has 1 heterocycles. The highest BCUT2D eigenvalue weighted by molar-refractivity contribution is 7.84. The van der Waals surface area contributed by atoms with Crippen LogP contribution < -0.4 is 5.32 Å². The summed E-state index contributed by atoms with van der Waals surface area (Å²) in [4.78, 5) is 25.8. The Balaban J connectivity index is 2.75. The Morgan fingerprint density at radius 2 is 1.95 bits per heavy atom. The van der Waals surface area contributed by atoms with Gasteiger partial charge in [0, 0.05) is 28.9 Å². The van der Waals surface area contributed by atoms with E-state index in [0.717, 1.165) is 0 Å². The molecule has 0 saturated carbocycles. The van der Waals surface area contributed by atoms with Crippen LogP contribution in [-0.4, -0.2) is 51.1 Å². The second-order valence-electron chi connectivity index (χ2n) is 5.16. The zero-order valence-corrected chi connectivity index (χ0v) is 13.0. The van der Waals surface area contributed by atoms with Gasteiger partial charge in [0.05, 0.1) is 6.54 Å². The van der Waals surface area contributed by atoms with E-state index in [-0.39, 0.29) is 23.6 Å². The third-order valence-corrected chi connectivity index (χ3v) is 5.36. The van der Waals surface area contributed by atoms with Crippen LogP contribution in [0.3, 0.4) is 0 Å². The van der Waals surface area contributed by atoms with Gasteiger partial charge in [0.25, 0.3) is 0 Å². The lowest BCUT2D eigenvalue weighted by Crippen LogP contribution is -2.66. The van der Waals surface area contributed by atoms with E-state index in [1.54, 1.807) is 11.2 Å². The number of amides is 2. The summed E-state index contributed by atoms with van der Waals surface area (Å²) in [5, 5.41) is 2.87. The van der Waals surface area contributed by atoms with Gasteiger partial charge in [0.2, 0.25) is 11.8 Å². The summed E-state index contributed by atoms with van der Waals surface area (Å²) in [6.07, 6.45) is 3.52. The van der Waals surface area contributed by atoms with E-state index in [9.17, 15) is 13.8 Å². The lowest BCUT2D eigenvalue weighted by molar-refractivity contribution is -0.150. The standard InChI is InChI=1S/C13H24N2O3S/c1-5-13(6-2)12(17)15(9-11(16)14-13)8-7-10(3)19(4)18/h10H,5-9H2,1-4H3,(H,14,16). The van der Waals surface area contributed by atoms with Crippen LogP contribution in [0.2, 0.25) is 0 Å². The Hall–Kier alpha value is -0.910. The Bertz CT molecular complexity index is 380. The first-order valence-corrected chi connectivity index (χ1v) is 8.41. The van der Waals surface area contributed by atoms with E-state index in [4.69, 9.17) is 0 Å². The molecule has 0 aromatic carbocycles. The number of nitrogens with one attached hydrogen (secondary N) is 1. The number of rotatable bonds is 6. The Morgan fingerprint density at radius 1 is 1.37 bits per heavy atom. The molecule has 0 aromatic heterocycles. The number of piperazine rings is 1. The molecular formula is C13H24N2O3S. The van der Waals surface area contributed by atoms with Gasteiger partial charge < -0.3 is 10.2 Å². The minimum absolute atomic E-state index is 0.00816. The molecule has 1 aliphatic rings. The van der Waals surface area contributed by atoms with E-state index in [2.05, 4.69) is 5.32 Å². The number of hydrogen-bond acceptors (Lipinski definition) is 3. The largest absolute Gasteiger partial charge is 0.340 e. The first-order chi connectivity index (χ1) is 8.86. The molecule has 2 amide bonds. The maximum Gasteiger partial charge on any atom is 0.248 e. The van der Waals surface area contributed by atoms with Crippen LogP contribution in [0, 0.1) is 0 Å². The predicted molar refractivity (Wildman–Crippen MR) is 76.2 cm³/mol. The van der Waals surface area contributed by atoms with Crippen molar-refractivity contribution in [2.45, 2.75) is 50.8 Å². The van der Waals surface area contributed by atoms with Gasteiger partial charge in [-0.25, -0.2) is 0 Å². The van der Waals surface area contributed by atoms with Crippen molar-refractivity contribution < 1.29 is 13.8 Å². The Morgan fingerprint density at radius 3 is 2.42 bits per heavy atom. The highest BCUT2D eigenvalue weighted by atomic mass is 32.2. The molecule has 6 heteroatoms. The van der Waals surface area contributed by atoms with E-state index in [0.29, 0.717) is 25.8 Å². The van der Waals surface area contributed by atoms with Crippen LogP contribution in [0.1, 0.15) is 40.0 Å². The molecule has 0 bridgehead atoms. The molecule has 0 aliphatic carbocycles. The molecule has 2 unspecified atom stereocenters. The summed E-state index contributed by atoms with van der Waals surface area (Å²) >= 11 is 0. The fraction of sp³-hybridized carbons (Fsp3) is 0.846. The van der Waals surface area contributed by atoms with Crippen molar-refractivity contribution in [1.29, 1.82) is 0 Å². The minimum atomic E-state index is -0.896. The van der Waals surface area contributed by atoms with E-state index < -0.39 is 16.3 Å². The zero-order chi connectivity index (χ0) is 14.6. The number of carbonyl (C=O) groups is 2. The molecule has 1 rings (SSSR count). The Labute approximate surface area is 117 Å². The molecular weight excluding hydrogens is 264 g/mol. The number of carbonyl (C=O) groups excluding carboxylic acids is 2. The van der Waals surface area contributed by atoms with Crippen LogP contribution in [-0.2, 0) is 20.4 Å². The first kappa shape index (κ1) is 16.1. The quantitative estimate of drug-likeness (QED) is 0.781. The van der Waals surface area contributed by atoms with Gasteiger partial charge in [-0.2, -0.15) is 0 Å². The van der Waals surface area contributed by atoms with E-state index in [1.165, 1.54) is 0 Å². The smallest absolute Gasteiger partial charge is 0.248 e. The first-order valence-electron chi connectivity index (χ1n) is 6.79. The molecule has 1 fully saturated rings. The fourth-order valence-electron chi connectivity index (χ4n) is 2.32. The molecule has 0 spiro atoms. The van der Waals surface area contributed by atoms with Crippen molar-refractivity contribution in [1.82, 2.24) is 10.2 Å². The summed E-state index contributed by atoms with van der Waals surface area (Å²) in [6.45, 7) is 6.33. The maximum absolute atomic E-state index is 12.5. The number of hydrogen-bond donors (Lipinski definition) is 1. The summed E-state index contributed by atoms with van der Waals surface area (Å²) in [5.41, 5.74) is -0.746. The lowest BCUT2D eigenvalue weighted by atomic mass is 9.89. The van der Waals surface area contributed by atoms with Crippen molar-refractivity contribution in [3.05, 3.63) is 0 Å². The van der Waals surface area contributed by atoms with Gasteiger partial charge in [-0.3, -0.25) is 13.8 Å². The molecule has 5 nitrogen and oxygen atoms in total. The fourth-order valence-corrected chi connectivity index (χ4v) is 2.76. The highest BCUT2D eigenvalue weighted by Gasteiger charge is 2.43. The molecule has 1 N–H and O–H groups in total. The van der Waals surface area contributed by atoms with Gasteiger partial charge >= 0.3 is 0 Å².